The summed E-state index contributed by atoms with van der Waals surface area (Å²) >= 11 is 1.37. The maximum absolute atomic E-state index is 12.0. The second-order valence-electron chi connectivity index (χ2n) is 7.48. The van der Waals surface area contributed by atoms with Crippen LogP contribution in [0.2, 0.25) is 0 Å². The third-order valence-electron chi connectivity index (χ3n) is 4.26. The van der Waals surface area contributed by atoms with Gasteiger partial charge in [0.1, 0.15) is 11.8 Å². The van der Waals surface area contributed by atoms with Crippen molar-refractivity contribution in [2.75, 3.05) is 11.4 Å². The predicted octanol–water partition coefficient (Wildman–Crippen LogP) is 3.19. The number of fused-ring (bicyclic) bond motifs is 1. The quantitative estimate of drug-likeness (QED) is 0.647. The minimum absolute atomic E-state index is 0.00647. The lowest BCUT2D eigenvalue weighted by atomic mass is 9.98. The van der Waals surface area contributed by atoms with Crippen LogP contribution in [0, 0.1) is 10.1 Å². The fraction of sp³-hybridized carbons (Fsp3) is 0.625. The maximum atomic E-state index is 12.0. The van der Waals surface area contributed by atoms with Gasteiger partial charge in [-0.2, -0.15) is 9.38 Å². The molecule has 0 radical (unpaired) electrons. The first-order valence-electron chi connectivity index (χ1n) is 8.52. The van der Waals surface area contributed by atoms with Gasteiger partial charge in [-0.1, -0.05) is 11.3 Å². The Morgan fingerprint density at radius 3 is 2.85 bits per heavy atom. The molecule has 3 heterocycles. The predicted molar refractivity (Wildman–Crippen MR) is 98.9 cm³/mol. The molecule has 1 amide bonds. The summed E-state index contributed by atoms with van der Waals surface area (Å²) in [6, 6.07) is -0.0223. The third-order valence-corrected chi connectivity index (χ3v) is 5.02. The Bertz CT molecular complexity index is 824. The molecule has 0 aromatic carbocycles. The minimum Gasteiger partial charge on any atom is -0.444 e. The van der Waals surface area contributed by atoms with E-state index in [9.17, 15) is 14.9 Å². The van der Waals surface area contributed by atoms with Crippen LogP contribution in [0.5, 0.6) is 0 Å². The molecule has 1 N–H and O–H groups in total. The summed E-state index contributed by atoms with van der Waals surface area (Å²) in [6.07, 6.45) is 2.57. The molecule has 2 aromatic heterocycles. The molecule has 10 heteroatoms. The molecule has 2 aromatic rings. The highest BCUT2D eigenvalue weighted by molar-refractivity contribution is 7.15. The first kappa shape index (κ1) is 18.4. The van der Waals surface area contributed by atoms with Crippen molar-refractivity contribution in [2.24, 2.45) is 0 Å². The molecule has 1 aliphatic rings. The average molecular weight is 381 g/mol. The van der Waals surface area contributed by atoms with Gasteiger partial charge in [0.15, 0.2) is 0 Å². The fourth-order valence-corrected chi connectivity index (χ4v) is 3.92. The van der Waals surface area contributed by atoms with Crippen molar-refractivity contribution < 1.29 is 14.5 Å². The average Bonchev–Trinajstić information content (AvgIpc) is 3.04. The number of ether oxygens (including phenoxy) is 1. The largest absolute Gasteiger partial charge is 0.444 e. The number of aromatic nitrogens is 2. The molecule has 3 rings (SSSR count). The number of nitrogens with one attached hydrogen (secondary N) is 1. The Morgan fingerprint density at radius 2 is 2.23 bits per heavy atom. The normalized spacial score (nSPS) is 21.0. The van der Waals surface area contributed by atoms with Crippen LogP contribution in [0.1, 0.15) is 40.5 Å². The van der Waals surface area contributed by atoms with Crippen molar-refractivity contribution in [1.29, 1.82) is 0 Å². The smallest absolute Gasteiger partial charge is 0.407 e. The first-order chi connectivity index (χ1) is 12.2. The van der Waals surface area contributed by atoms with E-state index in [-0.39, 0.29) is 22.8 Å². The molecule has 0 saturated carbocycles. The van der Waals surface area contributed by atoms with E-state index < -0.39 is 11.7 Å². The molecule has 1 fully saturated rings. The Hall–Kier alpha value is -2.36. The number of amides is 1. The van der Waals surface area contributed by atoms with Crippen molar-refractivity contribution in [1.82, 2.24) is 14.7 Å². The summed E-state index contributed by atoms with van der Waals surface area (Å²) in [5.74, 6) is 0.386. The molecule has 2 unspecified atom stereocenters. The van der Waals surface area contributed by atoms with Crippen molar-refractivity contribution in [3.05, 3.63) is 21.7 Å². The van der Waals surface area contributed by atoms with Crippen molar-refractivity contribution >= 4 is 34.0 Å². The maximum Gasteiger partial charge on any atom is 0.407 e. The highest BCUT2D eigenvalue weighted by Crippen LogP contribution is 2.34. The molecule has 0 aliphatic carbocycles. The number of carbonyl (C=O) groups excluding carboxylic acids is 1. The Morgan fingerprint density at radius 1 is 1.50 bits per heavy atom. The number of piperidine rings is 1. The van der Waals surface area contributed by atoms with Crippen LogP contribution in [0.3, 0.4) is 0 Å². The lowest BCUT2D eigenvalue weighted by Crippen LogP contribution is -2.50. The lowest BCUT2D eigenvalue weighted by molar-refractivity contribution is -0.389. The van der Waals surface area contributed by atoms with E-state index in [1.54, 1.807) is 11.6 Å². The zero-order valence-electron chi connectivity index (χ0n) is 15.3. The van der Waals surface area contributed by atoms with Crippen LogP contribution >= 0.6 is 11.3 Å². The van der Waals surface area contributed by atoms with E-state index in [1.807, 2.05) is 32.6 Å². The molecule has 0 spiro atoms. The van der Waals surface area contributed by atoms with Crippen molar-refractivity contribution in [2.45, 2.75) is 58.2 Å². The monoisotopic (exact) mass is 381 g/mol. The van der Waals surface area contributed by atoms with Crippen LogP contribution in [0.25, 0.3) is 4.96 Å². The zero-order chi connectivity index (χ0) is 19.1. The van der Waals surface area contributed by atoms with Crippen LogP contribution in [-0.2, 0) is 4.74 Å². The van der Waals surface area contributed by atoms with Crippen molar-refractivity contribution in [3.63, 3.8) is 0 Å². The Balaban J connectivity index is 1.72. The second kappa shape index (κ2) is 6.75. The van der Waals surface area contributed by atoms with Gasteiger partial charge in [-0.3, -0.25) is 0 Å². The van der Waals surface area contributed by atoms with Gasteiger partial charge < -0.3 is 25.1 Å². The van der Waals surface area contributed by atoms with E-state index in [0.717, 1.165) is 0 Å². The molecule has 9 nitrogen and oxygen atoms in total. The molecular formula is C16H23N5O4S. The van der Waals surface area contributed by atoms with Gasteiger partial charge in [-0.15, -0.1) is 0 Å². The highest BCUT2D eigenvalue weighted by atomic mass is 32.1. The molecular weight excluding hydrogens is 358 g/mol. The minimum atomic E-state index is -0.542. The number of hydrogen-bond donors (Lipinski definition) is 1. The van der Waals surface area contributed by atoms with Gasteiger partial charge in [-0.05, 0) is 45.5 Å². The first-order valence-corrected chi connectivity index (χ1v) is 9.40. The van der Waals surface area contributed by atoms with E-state index in [4.69, 9.17) is 4.74 Å². The zero-order valence-corrected chi connectivity index (χ0v) is 16.1. The molecule has 26 heavy (non-hydrogen) atoms. The number of thiazole rings is 1. The summed E-state index contributed by atoms with van der Waals surface area (Å²) in [6.45, 7) is 8.03. The van der Waals surface area contributed by atoms with Crippen molar-refractivity contribution in [3.8, 4) is 0 Å². The number of carbonyl (C=O) groups is 1. The van der Waals surface area contributed by atoms with Crippen LogP contribution in [0.4, 0.5) is 16.4 Å². The number of rotatable bonds is 3. The summed E-state index contributed by atoms with van der Waals surface area (Å²) < 4.78 is 6.81. The summed E-state index contributed by atoms with van der Waals surface area (Å²) in [4.78, 5) is 30.1. The number of nitrogens with zero attached hydrogens (tertiary/aromatic N) is 4. The number of nitro groups is 1. The number of imidazole rings is 1. The molecule has 2 atom stereocenters. The highest BCUT2D eigenvalue weighted by Gasteiger charge is 2.34. The summed E-state index contributed by atoms with van der Waals surface area (Å²) in [5, 5.41) is 16.2. The van der Waals surface area contributed by atoms with Gasteiger partial charge in [0, 0.05) is 24.0 Å². The standard InChI is InChI=1S/C16H23N5O4S/c1-10-9-11(17-15(22)25-16(2,3)4)5-6-19(10)12-13(21(23)24)20-7-8-26-14(20)18-12/h7-8,10-11H,5-6,9H2,1-4H3,(H,17,22). The molecule has 1 aliphatic heterocycles. The fourth-order valence-electron chi connectivity index (χ4n) is 3.22. The summed E-state index contributed by atoms with van der Waals surface area (Å²) in [7, 11) is 0. The third kappa shape index (κ3) is 3.74. The summed E-state index contributed by atoms with van der Waals surface area (Å²) in [5.41, 5.74) is -0.542. The Labute approximate surface area is 155 Å². The number of hydrogen-bond acceptors (Lipinski definition) is 7. The van der Waals surface area contributed by atoms with Gasteiger partial charge in [0.25, 0.3) is 4.96 Å². The van der Waals surface area contributed by atoms with E-state index in [0.29, 0.717) is 30.2 Å². The van der Waals surface area contributed by atoms with Crippen LogP contribution in [0.15, 0.2) is 11.6 Å². The lowest BCUT2D eigenvalue weighted by Gasteiger charge is -2.37. The Kier molecular flexibility index (Phi) is 4.78. The van der Waals surface area contributed by atoms with Crippen LogP contribution < -0.4 is 10.2 Å². The second-order valence-corrected chi connectivity index (χ2v) is 8.35. The van der Waals surface area contributed by atoms with E-state index in [1.165, 1.54) is 15.7 Å². The van der Waals surface area contributed by atoms with E-state index in [2.05, 4.69) is 10.3 Å². The SMILES string of the molecule is CC1CC(NC(=O)OC(C)(C)C)CCN1c1nc2sccn2c1[N+](=O)[O-]. The topological polar surface area (TPSA) is 102 Å². The van der Waals surface area contributed by atoms with E-state index >= 15 is 0 Å². The van der Waals surface area contributed by atoms with Gasteiger partial charge in [-0.25, -0.2) is 4.79 Å². The van der Waals surface area contributed by atoms with Gasteiger partial charge >= 0.3 is 11.9 Å². The van der Waals surface area contributed by atoms with Gasteiger partial charge in [0.05, 0.1) is 0 Å². The number of alkyl carbamates (subject to hydrolysis) is 1. The molecule has 142 valence electrons. The van der Waals surface area contributed by atoms with Crippen LogP contribution in [-0.4, -0.2) is 44.6 Å². The molecule has 0 bridgehead atoms. The molecule has 1 saturated heterocycles. The van der Waals surface area contributed by atoms with Gasteiger partial charge in [0.2, 0.25) is 5.82 Å². The number of anilines is 1.